The molecule has 29 heavy (non-hydrogen) atoms. The van der Waals surface area contributed by atoms with Crippen LogP contribution < -0.4 is 10.6 Å². The number of rotatable bonds is 4. The summed E-state index contributed by atoms with van der Waals surface area (Å²) >= 11 is 1.61. The predicted octanol–water partition coefficient (Wildman–Crippen LogP) is 5.30. The number of nitrogens with one attached hydrogen (secondary N) is 2. The third-order valence-corrected chi connectivity index (χ3v) is 4.77. The first-order valence-electron chi connectivity index (χ1n) is 9.18. The fourth-order valence-corrected chi connectivity index (χ4v) is 3.26. The van der Waals surface area contributed by atoms with Gasteiger partial charge in [0, 0.05) is 18.1 Å². The molecule has 0 spiro atoms. The van der Waals surface area contributed by atoms with Crippen LogP contribution in [0.25, 0.3) is 17.2 Å². The van der Waals surface area contributed by atoms with E-state index in [-0.39, 0.29) is 6.99 Å². The average molecular weight is 415 g/mol. The van der Waals surface area contributed by atoms with Crippen molar-refractivity contribution < 1.29 is 15.0 Å². The summed E-state index contributed by atoms with van der Waals surface area (Å²) in [4.78, 5) is 12.4. The van der Waals surface area contributed by atoms with Gasteiger partial charge in [-0.15, -0.1) is 22.0 Å². The molecule has 2 heterocycles. The standard InChI is InChI=1S/C19H15FN4O2S.C2H6.H2/c1-11-6-7-12(18-23-24-19(26-18)16-9-27-10-21-16)8-15(11)22-17(25)13-4-2-3-5-14(13)20;1-2;/h2-9,21H,10H2,1H3,(H,22,25);1-2H3;1H. The summed E-state index contributed by atoms with van der Waals surface area (Å²) in [5, 5.41) is 15.9. The first-order chi connectivity index (χ1) is 14.1. The molecule has 152 valence electrons. The molecule has 0 aliphatic carbocycles. The molecule has 0 atom stereocenters. The van der Waals surface area contributed by atoms with E-state index in [1.807, 2.05) is 38.3 Å². The van der Waals surface area contributed by atoms with Gasteiger partial charge in [-0.3, -0.25) is 4.79 Å². The Kier molecular flexibility index (Phi) is 6.66. The minimum atomic E-state index is -0.569. The molecular formula is C21H23FN4O2S. The predicted molar refractivity (Wildman–Crippen MR) is 116 cm³/mol. The highest BCUT2D eigenvalue weighted by Gasteiger charge is 2.17. The lowest BCUT2D eigenvalue weighted by molar-refractivity contribution is 0.102. The molecule has 0 unspecified atom stereocenters. The molecular weight excluding hydrogens is 391 g/mol. The van der Waals surface area contributed by atoms with Crippen LogP contribution in [0.5, 0.6) is 0 Å². The first kappa shape index (κ1) is 20.6. The van der Waals surface area contributed by atoms with Gasteiger partial charge in [0.05, 0.1) is 11.4 Å². The molecule has 4 rings (SSSR count). The topological polar surface area (TPSA) is 80.1 Å². The van der Waals surface area contributed by atoms with E-state index in [0.29, 0.717) is 23.0 Å². The maximum absolute atomic E-state index is 13.8. The van der Waals surface area contributed by atoms with E-state index in [1.165, 1.54) is 18.2 Å². The first-order valence-corrected chi connectivity index (χ1v) is 10.2. The average Bonchev–Trinajstić information content (AvgIpc) is 3.43. The minimum Gasteiger partial charge on any atom is -0.415 e. The highest BCUT2D eigenvalue weighted by Crippen LogP contribution is 2.28. The zero-order valence-electron chi connectivity index (χ0n) is 16.3. The Hall–Kier alpha value is -3.13. The van der Waals surface area contributed by atoms with E-state index >= 15 is 0 Å². The number of anilines is 1. The van der Waals surface area contributed by atoms with Crippen LogP contribution in [0.2, 0.25) is 0 Å². The largest absolute Gasteiger partial charge is 0.415 e. The number of nitrogens with zero attached hydrogens (tertiary/aromatic N) is 2. The summed E-state index contributed by atoms with van der Waals surface area (Å²) in [5.74, 6) is 0.431. The molecule has 1 aromatic heterocycles. The van der Waals surface area contributed by atoms with Gasteiger partial charge in [-0.1, -0.05) is 32.0 Å². The van der Waals surface area contributed by atoms with Gasteiger partial charge in [0.15, 0.2) is 0 Å². The fraction of sp³-hybridized carbons (Fsp3) is 0.190. The van der Waals surface area contributed by atoms with Gasteiger partial charge >= 0.3 is 0 Å². The summed E-state index contributed by atoms with van der Waals surface area (Å²) in [6.07, 6.45) is 0. The fourth-order valence-electron chi connectivity index (χ4n) is 2.59. The lowest BCUT2D eigenvalue weighted by Gasteiger charge is -2.10. The lowest BCUT2D eigenvalue weighted by atomic mass is 10.1. The Bertz CT molecular complexity index is 1050. The van der Waals surface area contributed by atoms with Gasteiger partial charge in [0.2, 0.25) is 5.89 Å². The normalized spacial score (nSPS) is 12.5. The van der Waals surface area contributed by atoms with E-state index in [1.54, 1.807) is 23.9 Å². The highest BCUT2D eigenvalue weighted by molar-refractivity contribution is 8.02. The molecule has 0 bridgehead atoms. The van der Waals surface area contributed by atoms with Gasteiger partial charge < -0.3 is 15.1 Å². The van der Waals surface area contributed by atoms with E-state index in [0.717, 1.165) is 17.1 Å². The molecule has 0 saturated carbocycles. The molecule has 0 saturated heterocycles. The van der Waals surface area contributed by atoms with Gasteiger partial charge in [0.1, 0.15) is 11.5 Å². The van der Waals surface area contributed by atoms with E-state index in [4.69, 9.17) is 4.42 Å². The van der Waals surface area contributed by atoms with Gasteiger partial charge in [-0.25, -0.2) is 4.39 Å². The number of benzene rings is 2. The highest BCUT2D eigenvalue weighted by atomic mass is 32.2. The van der Waals surface area contributed by atoms with Gasteiger partial charge in [0.25, 0.3) is 11.8 Å². The molecule has 2 N–H and O–H groups in total. The zero-order chi connectivity index (χ0) is 20.8. The second-order valence-corrected chi connectivity index (χ2v) is 6.75. The molecule has 1 amide bonds. The van der Waals surface area contributed by atoms with Gasteiger partial charge in [-0.05, 0) is 36.8 Å². The summed E-state index contributed by atoms with van der Waals surface area (Å²) < 4.78 is 19.5. The molecule has 3 aromatic rings. The number of amides is 1. The number of hydrogen-bond donors (Lipinski definition) is 2. The molecule has 0 fully saturated rings. The van der Waals surface area contributed by atoms with Crippen molar-refractivity contribution in [3.63, 3.8) is 0 Å². The van der Waals surface area contributed by atoms with Crippen LogP contribution >= 0.6 is 11.8 Å². The number of thioether (sulfide) groups is 1. The van der Waals surface area contributed by atoms with Crippen LogP contribution in [0.4, 0.5) is 10.1 Å². The second-order valence-electron chi connectivity index (χ2n) is 5.90. The summed E-state index contributed by atoms with van der Waals surface area (Å²) in [5.41, 5.74) is 2.82. The zero-order valence-corrected chi connectivity index (χ0v) is 17.1. The van der Waals surface area contributed by atoms with E-state index < -0.39 is 11.7 Å². The molecule has 1 aliphatic heterocycles. The Morgan fingerprint density at radius 1 is 1.21 bits per heavy atom. The molecule has 2 aromatic carbocycles. The minimum absolute atomic E-state index is 0. The third kappa shape index (κ3) is 4.65. The maximum atomic E-state index is 13.8. The molecule has 6 nitrogen and oxygen atoms in total. The van der Waals surface area contributed by atoms with Crippen LogP contribution in [0.3, 0.4) is 0 Å². The molecule has 8 heteroatoms. The van der Waals surface area contributed by atoms with Crippen LogP contribution in [0.1, 0.15) is 37.1 Å². The van der Waals surface area contributed by atoms with Crippen molar-refractivity contribution in [2.75, 3.05) is 11.2 Å². The van der Waals surface area contributed by atoms with Crippen LogP contribution in [-0.2, 0) is 0 Å². The maximum Gasteiger partial charge on any atom is 0.264 e. The second kappa shape index (κ2) is 9.38. The van der Waals surface area contributed by atoms with Crippen molar-refractivity contribution in [2.45, 2.75) is 20.8 Å². The van der Waals surface area contributed by atoms with Crippen molar-refractivity contribution >= 4 is 29.1 Å². The number of hydrogen-bond acceptors (Lipinski definition) is 6. The quantitative estimate of drug-likeness (QED) is 0.603. The summed E-state index contributed by atoms with van der Waals surface area (Å²) in [6.45, 7) is 5.85. The number of aromatic nitrogens is 2. The number of aryl methyl sites for hydroxylation is 1. The van der Waals surface area contributed by atoms with Crippen molar-refractivity contribution in [2.24, 2.45) is 0 Å². The van der Waals surface area contributed by atoms with Gasteiger partial charge in [-0.2, -0.15) is 0 Å². The van der Waals surface area contributed by atoms with E-state index in [2.05, 4.69) is 20.8 Å². The van der Waals surface area contributed by atoms with Crippen LogP contribution in [-0.4, -0.2) is 22.0 Å². The van der Waals surface area contributed by atoms with Crippen molar-refractivity contribution in [1.82, 2.24) is 15.5 Å². The van der Waals surface area contributed by atoms with Crippen molar-refractivity contribution in [3.05, 3.63) is 70.7 Å². The van der Waals surface area contributed by atoms with Crippen LogP contribution in [0, 0.1) is 12.7 Å². The SMILES string of the molecule is CC.Cc1ccc(-c2nnc(C3=CSCN3)o2)cc1NC(=O)c1ccccc1F.[HH]. The third-order valence-electron chi connectivity index (χ3n) is 4.05. The summed E-state index contributed by atoms with van der Waals surface area (Å²) in [6, 6.07) is 11.2. The Labute approximate surface area is 174 Å². The van der Waals surface area contributed by atoms with Crippen molar-refractivity contribution in [3.8, 4) is 11.5 Å². The lowest BCUT2D eigenvalue weighted by Crippen LogP contribution is -2.14. The number of halogens is 1. The Morgan fingerprint density at radius 3 is 2.69 bits per heavy atom. The number of carbonyl (C=O) groups excluding carboxylic acids is 1. The Morgan fingerprint density at radius 2 is 1.97 bits per heavy atom. The Balaban J connectivity index is 0.00000104. The molecule has 1 aliphatic rings. The molecule has 0 radical (unpaired) electrons. The van der Waals surface area contributed by atoms with Crippen molar-refractivity contribution in [1.29, 1.82) is 0 Å². The smallest absolute Gasteiger partial charge is 0.264 e. The van der Waals surface area contributed by atoms with E-state index in [9.17, 15) is 9.18 Å². The van der Waals surface area contributed by atoms with Crippen LogP contribution in [0.15, 0.2) is 52.3 Å². The summed E-state index contributed by atoms with van der Waals surface area (Å²) in [7, 11) is 0. The number of carbonyl (C=O) groups is 1. The monoisotopic (exact) mass is 414 g/mol.